The van der Waals surface area contributed by atoms with Crippen LogP contribution in [0.4, 0.5) is 11.4 Å². The predicted molar refractivity (Wildman–Crippen MR) is 169 cm³/mol. The number of allylic oxidation sites excluding steroid dienone is 8. The topological polar surface area (TPSA) is 64.8 Å². The maximum atomic E-state index is 10.3. The van der Waals surface area contributed by atoms with Crippen LogP contribution in [0.3, 0.4) is 0 Å². The van der Waals surface area contributed by atoms with Gasteiger partial charge >= 0.3 is 0 Å². The Morgan fingerprint density at radius 3 is 1.95 bits per heavy atom. The average Bonchev–Trinajstić information content (AvgIpc) is 2.99. The number of benzene rings is 4. The van der Waals surface area contributed by atoms with Gasteiger partial charge in [0.1, 0.15) is 11.5 Å². The van der Waals surface area contributed by atoms with E-state index in [1.54, 1.807) is 30.5 Å². The van der Waals surface area contributed by atoms with Crippen molar-refractivity contribution < 1.29 is 10.2 Å². The van der Waals surface area contributed by atoms with Gasteiger partial charge in [-0.3, -0.25) is 4.99 Å². The molecule has 0 aliphatic carbocycles. The molecule has 0 bridgehead atoms. The van der Waals surface area contributed by atoms with Crippen LogP contribution in [0.5, 0.6) is 11.5 Å². The Balaban J connectivity index is 1.53. The van der Waals surface area contributed by atoms with Gasteiger partial charge in [-0.05, 0) is 77.7 Å². The van der Waals surface area contributed by atoms with Crippen molar-refractivity contribution in [2.75, 3.05) is 5.32 Å². The maximum Gasteiger partial charge on any atom is 0.123 e. The highest BCUT2D eigenvalue weighted by Gasteiger charge is 2.06. The van der Waals surface area contributed by atoms with Crippen LogP contribution in [0.15, 0.2) is 162 Å². The smallest absolute Gasteiger partial charge is 0.123 e. The minimum Gasteiger partial charge on any atom is -0.507 e. The monoisotopic (exact) mass is 524 g/mol. The second-order valence-corrected chi connectivity index (χ2v) is 8.90. The fraction of sp³-hybridized carbons (Fsp3) is 0.0278. The Labute approximate surface area is 236 Å². The summed E-state index contributed by atoms with van der Waals surface area (Å²) in [6.45, 7) is 5.84. The number of hydrogen-bond donors (Lipinski definition) is 3. The van der Waals surface area contributed by atoms with Crippen molar-refractivity contribution >= 4 is 17.6 Å². The Bertz CT molecular complexity index is 1590. The largest absolute Gasteiger partial charge is 0.507 e. The van der Waals surface area contributed by atoms with Gasteiger partial charge in [0.2, 0.25) is 0 Å². The molecule has 3 N–H and O–H groups in total. The second kappa shape index (κ2) is 14.0. The van der Waals surface area contributed by atoms with Crippen LogP contribution >= 0.6 is 0 Å². The van der Waals surface area contributed by atoms with Gasteiger partial charge in [-0.1, -0.05) is 91.5 Å². The summed E-state index contributed by atoms with van der Waals surface area (Å²) in [6.07, 6.45) is 15.2. The van der Waals surface area contributed by atoms with Crippen molar-refractivity contribution in [3.8, 4) is 33.8 Å². The number of aliphatic imine (C=N–C) groups is 1. The summed E-state index contributed by atoms with van der Waals surface area (Å²) in [5.41, 5.74) is 6.84. The first kappa shape index (κ1) is 27.7. The molecule has 0 fully saturated rings. The van der Waals surface area contributed by atoms with Crippen LogP contribution in [0.25, 0.3) is 22.3 Å². The van der Waals surface area contributed by atoms with E-state index in [0.717, 1.165) is 44.8 Å². The van der Waals surface area contributed by atoms with E-state index in [1.807, 2.05) is 122 Å². The molecule has 0 aliphatic rings. The van der Waals surface area contributed by atoms with E-state index in [-0.39, 0.29) is 11.5 Å². The molecule has 4 rings (SSSR count). The van der Waals surface area contributed by atoms with Gasteiger partial charge in [0, 0.05) is 29.2 Å². The van der Waals surface area contributed by atoms with Crippen LogP contribution in [0, 0.1) is 0 Å². The summed E-state index contributed by atoms with van der Waals surface area (Å²) in [4.78, 5) is 4.61. The van der Waals surface area contributed by atoms with Gasteiger partial charge < -0.3 is 15.5 Å². The predicted octanol–water partition coefficient (Wildman–Crippen LogP) is 9.37. The Kier molecular flexibility index (Phi) is 9.68. The van der Waals surface area contributed by atoms with Gasteiger partial charge in [-0.2, -0.15) is 0 Å². The van der Waals surface area contributed by atoms with Crippen molar-refractivity contribution in [2.24, 2.45) is 4.99 Å². The Morgan fingerprint density at radius 1 is 0.725 bits per heavy atom. The summed E-state index contributed by atoms with van der Waals surface area (Å²) in [6, 6.07) is 30.3. The maximum absolute atomic E-state index is 10.3. The van der Waals surface area contributed by atoms with Crippen molar-refractivity contribution in [2.45, 2.75) is 6.92 Å². The molecule has 0 amide bonds. The van der Waals surface area contributed by atoms with Crippen molar-refractivity contribution in [1.29, 1.82) is 0 Å². The van der Waals surface area contributed by atoms with Gasteiger partial charge in [0.15, 0.2) is 0 Å². The highest BCUT2D eigenvalue weighted by Crippen LogP contribution is 2.33. The molecule has 4 nitrogen and oxygen atoms in total. The lowest BCUT2D eigenvalue weighted by Crippen LogP contribution is -1.91. The number of phenols is 2. The van der Waals surface area contributed by atoms with Crippen molar-refractivity contribution in [1.82, 2.24) is 0 Å². The number of hydrogen-bond acceptors (Lipinski definition) is 4. The molecule has 0 heterocycles. The SMILES string of the molecule is C=C/C=C(\C=C/Nc1ccc(O)c(-c2ccccc2)c1)C(/C=C\C)=C/C=Nc1ccc(O)c(-c2ccccc2)c1. The molecule has 4 heteroatoms. The fourth-order valence-corrected chi connectivity index (χ4v) is 4.16. The molecule has 40 heavy (non-hydrogen) atoms. The van der Waals surface area contributed by atoms with E-state index in [9.17, 15) is 10.2 Å². The third-order valence-electron chi connectivity index (χ3n) is 6.11. The molecule has 0 radical (unpaired) electrons. The molecule has 0 aliphatic heterocycles. The second-order valence-electron chi connectivity index (χ2n) is 8.90. The van der Waals surface area contributed by atoms with Gasteiger partial charge in [0.25, 0.3) is 0 Å². The lowest BCUT2D eigenvalue weighted by atomic mass is 10.0. The van der Waals surface area contributed by atoms with E-state index >= 15 is 0 Å². The average molecular weight is 525 g/mol. The molecule has 0 atom stereocenters. The molecule has 4 aromatic rings. The molecule has 4 aromatic carbocycles. The summed E-state index contributed by atoms with van der Waals surface area (Å²) >= 11 is 0. The molecule has 0 spiro atoms. The minimum atomic E-state index is 0.216. The zero-order valence-electron chi connectivity index (χ0n) is 22.4. The number of nitrogens with one attached hydrogen (secondary N) is 1. The van der Waals surface area contributed by atoms with E-state index in [4.69, 9.17) is 0 Å². The number of phenolic OH excluding ortho intramolecular Hbond substituents is 2. The van der Waals surface area contributed by atoms with Gasteiger partial charge in [0.05, 0.1) is 5.69 Å². The third kappa shape index (κ3) is 7.36. The van der Waals surface area contributed by atoms with Crippen molar-refractivity contribution in [3.63, 3.8) is 0 Å². The van der Waals surface area contributed by atoms with E-state index in [0.29, 0.717) is 0 Å². The minimum absolute atomic E-state index is 0.216. The molecule has 0 aromatic heterocycles. The normalized spacial score (nSPS) is 12.4. The molecule has 198 valence electrons. The highest BCUT2D eigenvalue weighted by atomic mass is 16.3. The first-order valence-corrected chi connectivity index (χ1v) is 13.0. The quantitative estimate of drug-likeness (QED) is 0.110. The van der Waals surface area contributed by atoms with Gasteiger partial charge in [-0.25, -0.2) is 0 Å². The van der Waals surface area contributed by atoms with Crippen LogP contribution in [-0.4, -0.2) is 16.4 Å². The fourth-order valence-electron chi connectivity index (χ4n) is 4.16. The number of nitrogens with zero attached hydrogens (tertiary/aromatic N) is 1. The summed E-state index contributed by atoms with van der Waals surface area (Å²) in [7, 11) is 0. The van der Waals surface area contributed by atoms with Crippen LogP contribution in [0.1, 0.15) is 6.92 Å². The molecular weight excluding hydrogens is 492 g/mol. The van der Waals surface area contributed by atoms with Crippen LogP contribution in [-0.2, 0) is 0 Å². The highest BCUT2D eigenvalue weighted by molar-refractivity contribution is 5.80. The molecule has 0 saturated heterocycles. The lowest BCUT2D eigenvalue weighted by molar-refractivity contribution is 0.477. The first-order chi connectivity index (χ1) is 19.6. The molecule has 0 saturated carbocycles. The van der Waals surface area contributed by atoms with Crippen molar-refractivity contribution in [3.05, 3.63) is 157 Å². The number of anilines is 1. The molecular formula is C36H32N2O2. The first-order valence-electron chi connectivity index (χ1n) is 13.0. The van der Waals surface area contributed by atoms with E-state index in [1.165, 1.54) is 0 Å². The van der Waals surface area contributed by atoms with E-state index in [2.05, 4.69) is 16.9 Å². The Hall–Kier alpha value is -5.35. The van der Waals surface area contributed by atoms with Crippen LogP contribution < -0.4 is 5.32 Å². The number of aromatic hydroxyl groups is 2. The van der Waals surface area contributed by atoms with Gasteiger partial charge in [-0.15, -0.1) is 0 Å². The number of rotatable bonds is 10. The lowest BCUT2D eigenvalue weighted by Gasteiger charge is -2.09. The summed E-state index contributed by atoms with van der Waals surface area (Å²) in [5.74, 6) is 0.448. The van der Waals surface area contributed by atoms with E-state index < -0.39 is 0 Å². The summed E-state index contributed by atoms with van der Waals surface area (Å²) < 4.78 is 0. The standard InChI is InChI=1S/C36H32N2O2/c1-3-11-27(21-23-37-31-17-19-35(39)33(25-31)29-13-7-5-8-14-29)28(12-4-2)22-24-38-32-18-20-36(40)34(26-32)30-15-9-6-10-16-30/h3-26,37,39-40H,1H2,2H3/b12-4-,23-21-,27-11+,28-22+,38-24?. The third-order valence-corrected chi connectivity index (χ3v) is 6.11. The van der Waals surface area contributed by atoms with Crippen LogP contribution in [0.2, 0.25) is 0 Å². The molecule has 0 unspecified atom stereocenters. The summed E-state index contributed by atoms with van der Waals surface area (Å²) in [5, 5.41) is 24.0. The Morgan fingerprint density at radius 2 is 1.32 bits per heavy atom. The zero-order valence-corrected chi connectivity index (χ0v) is 22.4. The zero-order chi connectivity index (χ0) is 28.2.